The van der Waals surface area contributed by atoms with Gasteiger partial charge >= 0.3 is 0 Å². The van der Waals surface area contributed by atoms with Crippen LogP contribution in [0.4, 0.5) is 0 Å². The second-order valence-corrected chi connectivity index (χ2v) is 8.24. The van der Waals surface area contributed by atoms with Crippen LogP contribution in [-0.2, 0) is 6.42 Å². The standard InChI is InChI=1S/C21H27N3O2S/c1-22-20(23-13-10-16-8-9-17(26-2)14-19(16)25)24-15-21(11-12-21)27-18-6-4-3-5-7-18/h3-9,14,25H,10-13,15H2,1-2H3,(H2,22,23,24). The molecule has 6 heteroatoms. The molecule has 1 saturated carbocycles. The van der Waals surface area contributed by atoms with Gasteiger partial charge in [0.15, 0.2) is 5.96 Å². The van der Waals surface area contributed by atoms with Gasteiger partial charge in [0, 0.05) is 35.8 Å². The minimum absolute atomic E-state index is 0.260. The molecule has 3 rings (SSSR count). The van der Waals surface area contributed by atoms with E-state index in [0.29, 0.717) is 18.7 Å². The molecule has 27 heavy (non-hydrogen) atoms. The summed E-state index contributed by atoms with van der Waals surface area (Å²) in [5, 5.41) is 16.8. The summed E-state index contributed by atoms with van der Waals surface area (Å²) in [6.45, 7) is 1.58. The van der Waals surface area contributed by atoms with E-state index in [4.69, 9.17) is 4.74 Å². The summed E-state index contributed by atoms with van der Waals surface area (Å²) in [7, 11) is 3.37. The predicted molar refractivity (Wildman–Crippen MR) is 112 cm³/mol. The van der Waals surface area contributed by atoms with Crippen LogP contribution in [0.2, 0.25) is 0 Å². The zero-order chi connectivity index (χ0) is 19.1. The summed E-state index contributed by atoms with van der Waals surface area (Å²) in [6.07, 6.45) is 3.15. The number of nitrogens with zero attached hydrogens (tertiary/aromatic N) is 1. The first-order valence-electron chi connectivity index (χ1n) is 9.19. The average Bonchev–Trinajstić information content (AvgIpc) is 3.45. The Bertz CT molecular complexity index is 776. The van der Waals surface area contributed by atoms with Gasteiger partial charge in [0.2, 0.25) is 0 Å². The summed E-state index contributed by atoms with van der Waals surface area (Å²) in [6, 6.07) is 15.9. The quantitative estimate of drug-likeness (QED) is 0.480. The van der Waals surface area contributed by atoms with Crippen LogP contribution in [0, 0.1) is 0 Å². The third-order valence-electron chi connectivity index (χ3n) is 4.67. The lowest BCUT2D eigenvalue weighted by Crippen LogP contribution is -2.41. The van der Waals surface area contributed by atoms with E-state index < -0.39 is 0 Å². The average molecular weight is 386 g/mol. The smallest absolute Gasteiger partial charge is 0.191 e. The van der Waals surface area contributed by atoms with Crippen molar-refractivity contribution in [3.8, 4) is 11.5 Å². The van der Waals surface area contributed by atoms with Crippen LogP contribution in [-0.4, -0.2) is 43.1 Å². The van der Waals surface area contributed by atoms with Gasteiger partial charge in [-0.15, -0.1) is 11.8 Å². The summed E-state index contributed by atoms with van der Waals surface area (Å²) in [5.41, 5.74) is 0.886. The fraction of sp³-hybridized carbons (Fsp3) is 0.381. The summed E-state index contributed by atoms with van der Waals surface area (Å²) in [5.74, 6) is 1.71. The van der Waals surface area contributed by atoms with Crippen LogP contribution in [0.5, 0.6) is 11.5 Å². The Morgan fingerprint density at radius 2 is 1.96 bits per heavy atom. The predicted octanol–water partition coefficient (Wildman–Crippen LogP) is 3.43. The van der Waals surface area contributed by atoms with Crippen molar-refractivity contribution >= 4 is 17.7 Å². The van der Waals surface area contributed by atoms with Crippen molar-refractivity contribution in [3.05, 3.63) is 54.1 Å². The van der Waals surface area contributed by atoms with E-state index in [1.54, 1.807) is 20.2 Å². The molecule has 0 heterocycles. The minimum Gasteiger partial charge on any atom is -0.508 e. The molecule has 2 aromatic carbocycles. The van der Waals surface area contributed by atoms with Crippen LogP contribution in [0.25, 0.3) is 0 Å². The second kappa shape index (κ2) is 9.04. The Labute approximate surface area is 165 Å². The zero-order valence-corrected chi connectivity index (χ0v) is 16.7. The molecule has 1 aliphatic rings. The van der Waals surface area contributed by atoms with Crippen molar-refractivity contribution in [3.63, 3.8) is 0 Å². The van der Waals surface area contributed by atoms with E-state index in [9.17, 15) is 5.11 Å². The maximum Gasteiger partial charge on any atom is 0.191 e. The Morgan fingerprint density at radius 1 is 1.19 bits per heavy atom. The van der Waals surface area contributed by atoms with E-state index in [-0.39, 0.29) is 10.5 Å². The molecule has 0 aromatic heterocycles. The first-order chi connectivity index (χ1) is 13.1. The van der Waals surface area contributed by atoms with Crippen LogP contribution >= 0.6 is 11.8 Å². The van der Waals surface area contributed by atoms with Crippen molar-refractivity contribution in [1.82, 2.24) is 10.6 Å². The largest absolute Gasteiger partial charge is 0.508 e. The molecule has 0 bridgehead atoms. The molecule has 2 aromatic rings. The number of methoxy groups -OCH3 is 1. The second-order valence-electron chi connectivity index (χ2n) is 6.70. The highest BCUT2D eigenvalue weighted by atomic mass is 32.2. The van der Waals surface area contributed by atoms with Crippen LogP contribution in [0.15, 0.2) is 58.4 Å². The van der Waals surface area contributed by atoms with Crippen molar-refractivity contribution < 1.29 is 9.84 Å². The summed E-state index contributed by atoms with van der Waals surface area (Å²) >= 11 is 1.95. The van der Waals surface area contributed by atoms with E-state index in [1.807, 2.05) is 30.0 Å². The maximum absolute atomic E-state index is 10.0. The van der Waals surface area contributed by atoms with E-state index in [0.717, 1.165) is 18.1 Å². The molecule has 0 amide bonds. The van der Waals surface area contributed by atoms with Gasteiger partial charge in [-0.05, 0) is 43.0 Å². The Hall–Kier alpha value is -2.34. The van der Waals surface area contributed by atoms with E-state index in [1.165, 1.54) is 17.7 Å². The molecule has 144 valence electrons. The number of guanidine groups is 1. The SMILES string of the molecule is CN=C(NCCc1ccc(OC)cc1O)NCC1(Sc2ccccc2)CC1. The van der Waals surface area contributed by atoms with Crippen molar-refractivity contribution in [2.24, 2.45) is 4.99 Å². The first-order valence-corrected chi connectivity index (χ1v) is 10.0. The van der Waals surface area contributed by atoms with Gasteiger partial charge in [0.05, 0.1) is 7.11 Å². The number of rotatable bonds is 8. The fourth-order valence-corrected chi connectivity index (χ4v) is 4.10. The maximum atomic E-state index is 10.0. The lowest BCUT2D eigenvalue weighted by atomic mass is 10.1. The molecule has 0 spiro atoms. The molecule has 5 nitrogen and oxygen atoms in total. The molecule has 0 aliphatic heterocycles. The lowest BCUT2D eigenvalue weighted by Gasteiger charge is -2.18. The summed E-state index contributed by atoms with van der Waals surface area (Å²) < 4.78 is 5.39. The number of ether oxygens (including phenoxy) is 1. The minimum atomic E-state index is 0.260. The van der Waals surface area contributed by atoms with Crippen molar-refractivity contribution in [2.75, 3.05) is 27.2 Å². The summed E-state index contributed by atoms with van der Waals surface area (Å²) in [4.78, 5) is 5.62. The van der Waals surface area contributed by atoms with Gasteiger partial charge in [0.1, 0.15) is 11.5 Å². The molecular formula is C21H27N3O2S. The number of aliphatic imine (C=N–C) groups is 1. The molecule has 3 N–H and O–H groups in total. The molecule has 0 atom stereocenters. The van der Waals surface area contributed by atoms with Crippen LogP contribution in [0.1, 0.15) is 18.4 Å². The number of phenolic OH excluding ortho intramolecular Hbond substituents is 1. The molecule has 1 aliphatic carbocycles. The number of phenols is 1. The van der Waals surface area contributed by atoms with Gasteiger partial charge in [-0.25, -0.2) is 0 Å². The fourth-order valence-electron chi connectivity index (χ4n) is 2.86. The Morgan fingerprint density at radius 3 is 2.59 bits per heavy atom. The Kier molecular flexibility index (Phi) is 6.50. The first kappa shape index (κ1) is 19.4. The Balaban J connectivity index is 1.45. The number of aromatic hydroxyl groups is 1. The van der Waals surface area contributed by atoms with Crippen LogP contribution < -0.4 is 15.4 Å². The molecule has 0 saturated heterocycles. The zero-order valence-electron chi connectivity index (χ0n) is 15.9. The van der Waals surface area contributed by atoms with Crippen molar-refractivity contribution in [2.45, 2.75) is 28.9 Å². The van der Waals surface area contributed by atoms with Gasteiger partial charge in [-0.2, -0.15) is 0 Å². The van der Waals surface area contributed by atoms with Gasteiger partial charge < -0.3 is 20.5 Å². The highest BCUT2D eigenvalue weighted by molar-refractivity contribution is 8.01. The van der Waals surface area contributed by atoms with E-state index >= 15 is 0 Å². The van der Waals surface area contributed by atoms with Gasteiger partial charge in [0.25, 0.3) is 0 Å². The molecular weight excluding hydrogens is 358 g/mol. The number of nitrogens with one attached hydrogen (secondary N) is 2. The highest BCUT2D eigenvalue weighted by Gasteiger charge is 2.43. The topological polar surface area (TPSA) is 65.9 Å². The molecule has 0 unspecified atom stereocenters. The van der Waals surface area contributed by atoms with Gasteiger partial charge in [-0.1, -0.05) is 24.3 Å². The number of benzene rings is 2. The van der Waals surface area contributed by atoms with Crippen molar-refractivity contribution in [1.29, 1.82) is 0 Å². The third kappa shape index (κ3) is 5.57. The molecule has 0 radical (unpaired) electrons. The monoisotopic (exact) mass is 385 g/mol. The number of thioether (sulfide) groups is 1. The van der Waals surface area contributed by atoms with E-state index in [2.05, 4.69) is 39.9 Å². The number of hydrogen-bond donors (Lipinski definition) is 3. The normalized spacial score (nSPS) is 15.3. The van der Waals surface area contributed by atoms with Crippen LogP contribution in [0.3, 0.4) is 0 Å². The van der Waals surface area contributed by atoms with Gasteiger partial charge in [-0.3, -0.25) is 4.99 Å². The molecule has 1 fully saturated rings. The highest BCUT2D eigenvalue weighted by Crippen LogP contribution is 2.51. The third-order valence-corrected chi connectivity index (χ3v) is 6.16. The lowest BCUT2D eigenvalue weighted by molar-refractivity contribution is 0.406. The number of hydrogen-bond acceptors (Lipinski definition) is 4.